The van der Waals surface area contributed by atoms with Crippen molar-refractivity contribution in [1.29, 1.82) is 0 Å². The summed E-state index contributed by atoms with van der Waals surface area (Å²) >= 11 is 1.60. The van der Waals surface area contributed by atoms with E-state index >= 15 is 0 Å². The minimum absolute atomic E-state index is 0.0526. The van der Waals surface area contributed by atoms with E-state index in [4.69, 9.17) is 9.47 Å². The van der Waals surface area contributed by atoms with Crippen molar-refractivity contribution in [3.8, 4) is 0 Å². The predicted molar refractivity (Wildman–Crippen MR) is 70.6 cm³/mol. The topological polar surface area (TPSA) is 47.6 Å². The number of carbonyl (C=O) groups is 1. The molecule has 1 aliphatic heterocycles. The van der Waals surface area contributed by atoms with Gasteiger partial charge in [0, 0.05) is 17.8 Å². The van der Waals surface area contributed by atoms with Gasteiger partial charge in [-0.3, -0.25) is 4.79 Å². The molecule has 1 amide bonds. The molecule has 0 spiro atoms. The lowest BCUT2D eigenvalue weighted by atomic mass is 10.2. The summed E-state index contributed by atoms with van der Waals surface area (Å²) in [7, 11) is 0. The van der Waals surface area contributed by atoms with Gasteiger partial charge in [0.25, 0.3) is 0 Å². The molecule has 0 aliphatic carbocycles. The highest BCUT2D eigenvalue weighted by atomic mass is 32.1. The van der Waals surface area contributed by atoms with Gasteiger partial charge < -0.3 is 14.8 Å². The summed E-state index contributed by atoms with van der Waals surface area (Å²) < 4.78 is 11.2. The van der Waals surface area contributed by atoms with Gasteiger partial charge in [-0.15, -0.1) is 11.3 Å². The minimum atomic E-state index is -0.533. The molecule has 100 valence electrons. The molecule has 0 saturated carbocycles. The summed E-state index contributed by atoms with van der Waals surface area (Å²) in [6.07, 6.45) is 2.08. The molecule has 0 aromatic carbocycles. The first kappa shape index (κ1) is 13.5. The summed E-state index contributed by atoms with van der Waals surface area (Å²) in [5.74, 6) is -0.481. The lowest BCUT2D eigenvalue weighted by Gasteiger charge is -2.33. The highest BCUT2D eigenvalue weighted by molar-refractivity contribution is 7.10. The number of hydrogen-bond donors (Lipinski definition) is 1. The van der Waals surface area contributed by atoms with Crippen LogP contribution in [0.5, 0.6) is 0 Å². The molecule has 0 atom stereocenters. The fourth-order valence-corrected chi connectivity index (χ4v) is 2.59. The van der Waals surface area contributed by atoms with Gasteiger partial charge in [0.05, 0.1) is 19.6 Å². The molecule has 1 aromatic rings. The van der Waals surface area contributed by atoms with Crippen LogP contribution in [0.2, 0.25) is 0 Å². The largest absolute Gasteiger partial charge is 0.356 e. The Kier molecular flexibility index (Phi) is 4.74. The Morgan fingerprint density at radius 2 is 2.28 bits per heavy atom. The molecule has 0 unspecified atom stereocenters. The van der Waals surface area contributed by atoms with E-state index in [1.165, 1.54) is 0 Å². The van der Waals surface area contributed by atoms with Crippen LogP contribution in [-0.2, 0) is 20.7 Å². The van der Waals surface area contributed by atoms with Crippen LogP contribution in [0.25, 0.3) is 0 Å². The standard InChI is InChI=1S/C13H19NO3S/c1-13(16-7-3-8-17-13)5-6-14-12(15)10-11-4-2-9-18-11/h2,4,9H,3,5-8,10H2,1H3,(H,14,15). The first-order valence-electron chi connectivity index (χ1n) is 6.25. The van der Waals surface area contributed by atoms with E-state index in [1.807, 2.05) is 24.4 Å². The summed E-state index contributed by atoms with van der Waals surface area (Å²) in [6, 6.07) is 3.93. The molecule has 1 aliphatic rings. The Morgan fingerprint density at radius 3 is 2.94 bits per heavy atom. The highest BCUT2D eigenvalue weighted by Crippen LogP contribution is 2.21. The van der Waals surface area contributed by atoms with Crippen molar-refractivity contribution < 1.29 is 14.3 Å². The minimum Gasteiger partial charge on any atom is -0.356 e. The number of carbonyl (C=O) groups excluding carboxylic acids is 1. The second kappa shape index (κ2) is 6.31. The lowest BCUT2D eigenvalue weighted by Crippen LogP contribution is -2.41. The van der Waals surface area contributed by atoms with Crippen LogP contribution >= 0.6 is 11.3 Å². The smallest absolute Gasteiger partial charge is 0.225 e. The van der Waals surface area contributed by atoms with Gasteiger partial charge >= 0.3 is 0 Å². The third-order valence-corrected chi connectivity index (χ3v) is 3.80. The Labute approximate surface area is 111 Å². The molecule has 2 heterocycles. The van der Waals surface area contributed by atoms with E-state index in [1.54, 1.807) is 11.3 Å². The Bertz CT molecular complexity index is 372. The lowest BCUT2D eigenvalue weighted by molar-refractivity contribution is -0.257. The van der Waals surface area contributed by atoms with Gasteiger partial charge in [0.15, 0.2) is 5.79 Å². The van der Waals surface area contributed by atoms with E-state index in [9.17, 15) is 4.79 Å². The molecule has 4 nitrogen and oxygen atoms in total. The number of thiophene rings is 1. The van der Waals surface area contributed by atoms with Gasteiger partial charge in [0.2, 0.25) is 5.91 Å². The quantitative estimate of drug-likeness (QED) is 0.888. The second-order valence-corrected chi connectivity index (χ2v) is 5.57. The molecule has 0 bridgehead atoms. The Morgan fingerprint density at radius 1 is 1.50 bits per heavy atom. The predicted octanol–water partition coefficient (Wildman–Crippen LogP) is 1.95. The number of amides is 1. The molecule has 1 saturated heterocycles. The normalized spacial score (nSPS) is 18.5. The Hall–Kier alpha value is -0.910. The van der Waals surface area contributed by atoms with E-state index < -0.39 is 5.79 Å². The number of rotatable bonds is 5. The van der Waals surface area contributed by atoms with Crippen molar-refractivity contribution in [2.75, 3.05) is 19.8 Å². The summed E-state index contributed by atoms with van der Waals surface area (Å²) in [5.41, 5.74) is 0. The van der Waals surface area contributed by atoms with Crippen molar-refractivity contribution in [1.82, 2.24) is 5.32 Å². The van der Waals surface area contributed by atoms with E-state index in [0.717, 1.165) is 24.5 Å². The number of ether oxygens (including phenoxy) is 2. The van der Waals surface area contributed by atoms with Crippen molar-refractivity contribution >= 4 is 17.2 Å². The molecular weight excluding hydrogens is 250 g/mol. The van der Waals surface area contributed by atoms with Gasteiger partial charge in [-0.1, -0.05) is 6.07 Å². The summed E-state index contributed by atoms with van der Waals surface area (Å²) in [4.78, 5) is 12.8. The zero-order valence-corrected chi connectivity index (χ0v) is 11.4. The average molecular weight is 269 g/mol. The van der Waals surface area contributed by atoms with Gasteiger partial charge in [-0.05, 0) is 24.8 Å². The molecule has 0 radical (unpaired) electrons. The fraction of sp³-hybridized carbons (Fsp3) is 0.615. The molecule has 1 N–H and O–H groups in total. The number of hydrogen-bond acceptors (Lipinski definition) is 4. The van der Waals surface area contributed by atoms with Crippen molar-refractivity contribution in [2.24, 2.45) is 0 Å². The zero-order valence-electron chi connectivity index (χ0n) is 10.6. The SMILES string of the molecule is CC1(CCNC(=O)Cc2cccs2)OCCCO1. The van der Waals surface area contributed by atoms with E-state index in [0.29, 0.717) is 19.4 Å². The molecule has 5 heteroatoms. The summed E-state index contributed by atoms with van der Waals surface area (Å²) in [6.45, 7) is 3.98. The first-order chi connectivity index (χ1) is 8.68. The highest BCUT2D eigenvalue weighted by Gasteiger charge is 2.28. The second-order valence-electron chi connectivity index (χ2n) is 4.54. The van der Waals surface area contributed by atoms with Crippen LogP contribution in [0.15, 0.2) is 17.5 Å². The van der Waals surface area contributed by atoms with Crippen molar-refractivity contribution in [2.45, 2.75) is 32.0 Å². The van der Waals surface area contributed by atoms with Crippen LogP contribution in [-0.4, -0.2) is 31.5 Å². The van der Waals surface area contributed by atoms with E-state index in [2.05, 4.69) is 5.32 Å². The Balaban J connectivity index is 1.67. The van der Waals surface area contributed by atoms with E-state index in [-0.39, 0.29) is 5.91 Å². The molecule has 18 heavy (non-hydrogen) atoms. The van der Waals surface area contributed by atoms with Crippen molar-refractivity contribution in [3.63, 3.8) is 0 Å². The maximum absolute atomic E-state index is 11.7. The van der Waals surface area contributed by atoms with Crippen molar-refractivity contribution in [3.05, 3.63) is 22.4 Å². The van der Waals surface area contributed by atoms with Gasteiger partial charge in [0.1, 0.15) is 0 Å². The number of nitrogens with one attached hydrogen (secondary N) is 1. The van der Waals surface area contributed by atoms with Crippen LogP contribution in [0.1, 0.15) is 24.6 Å². The van der Waals surface area contributed by atoms with Crippen LogP contribution in [0.4, 0.5) is 0 Å². The summed E-state index contributed by atoms with van der Waals surface area (Å²) in [5, 5.41) is 4.88. The molecule has 1 aromatic heterocycles. The monoisotopic (exact) mass is 269 g/mol. The maximum atomic E-state index is 11.7. The van der Waals surface area contributed by atoms with Crippen LogP contribution in [0, 0.1) is 0 Å². The van der Waals surface area contributed by atoms with Gasteiger partial charge in [-0.2, -0.15) is 0 Å². The third kappa shape index (κ3) is 4.08. The third-order valence-electron chi connectivity index (χ3n) is 2.92. The average Bonchev–Trinajstić information content (AvgIpc) is 2.82. The molecule has 2 rings (SSSR count). The fourth-order valence-electron chi connectivity index (χ4n) is 1.88. The zero-order chi connectivity index (χ0) is 12.8. The van der Waals surface area contributed by atoms with Crippen LogP contribution in [0.3, 0.4) is 0 Å². The maximum Gasteiger partial charge on any atom is 0.225 e. The van der Waals surface area contributed by atoms with Gasteiger partial charge in [-0.25, -0.2) is 0 Å². The first-order valence-corrected chi connectivity index (χ1v) is 7.13. The van der Waals surface area contributed by atoms with Crippen LogP contribution < -0.4 is 5.32 Å². The molecule has 1 fully saturated rings. The molecular formula is C13H19NO3S.